The van der Waals surface area contributed by atoms with Crippen molar-refractivity contribution in [2.75, 3.05) is 20.3 Å². The highest BCUT2D eigenvalue weighted by atomic mass is 16.7. The van der Waals surface area contributed by atoms with E-state index in [-0.39, 0.29) is 19.0 Å². The van der Waals surface area contributed by atoms with E-state index in [0.29, 0.717) is 22.3 Å². The number of ketones is 1. The van der Waals surface area contributed by atoms with Crippen LogP contribution in [0.4, 0.5) is 0 Å². The summed E-state index contributed by atoms with van der Waals surface area (Å²) >= 11 is 0. The normalized spacial score (nSPS) is 35.0. The summed E-state index contributed by atoms with van der Waals surface area (Å²) in [6.07, 6.45) is -1.10. The molecule has 3 aliphatic rings. The van der Waals surface area contributed by atoms with Gasteiger partial charge in [0.2, 0.25) is 0 Å². The van der Waals surface area contributed by atoms with Gasteiger partial charge in [-0.15, -0.1) is 0 Å². The van der Waals surface area contributed by atoms with Gasteiger partial charge in [-0.05, 0) is 0 Å². The molecule has 0 spiro atoms. The molecule has 0 aromatic heterocycles. The van der Waals surface area contributed by atoms with Gasteiger partial charge in [0.25, 0.3) is 0 Å². The third kappa shape index (κ3) is 1.33. The van der Waals surface area contributed by atoms with Gasteiger partial charge in [0.15, 0.2) is 12.1 Å². The zero-order valence-electron chi connectivity index (χ0n) is 11.0. The van der Waals surface area contributed by atoms with Gasteiger partial charge in [-0.1, -0.05) is 24.3 Å². The number of ether oxygens (including phenoxy) is 3. The van der Waals surface area contributed by atoms with Crippen LogP contribution >= 0.6 is 0 Å². The van der Waals surface area contributed by atoms with E-state index in [4.69, 9.17) is 14.2 Å². The molecule has 1 aromatic rings. The van der Waals surface area contributed by atoms with Crippen LogP contribution in [0, 0.1) is 0 Å². The molecule has 5 heteroatoms. The van der Waals surface area contributed by atoms with Crippen LogP contribution in [0.5, 0.6) is 0 Å². The number of methoxy groups -OCH3 is 1. The molecule has 3 atom stereocenters. The van der Waals surface area contributed by atoms with Crippen LogP contribution in [-0.4, -0.2) is 43.6 Å². The molecular formula is C15H14O5. The molecule has 1 fully saturated rings. The smallest absolute Gasteiger partial charge is 0.191 e. The third-order valence-corrected chi connectivity index (χ3v) is 4.29. The number of hydrogen-bond donors (Lipinski definition) is 1. The zero-order valence-corrected chi connectivity index (χ0v) is 11.0. The van der Waals surface area contributed by atoms with E-state index in [0.717, 1.165) is 0 Å². The van der Waals surface area contributed by atoms with Crippen LogP contribution < -0.4 is 0 Å². The number of hydrogen-bond acceptors (Lipinski definition) is 5. The Hall–Kier alpha value is -1.53. The molecule has 2 heterocycles. The average molecular weight is 274 g/mol. The van der Waals surface area contributed by atoms with Gasteiger partial charge in [0.05, 0.1) is 13.2 Å². The maximum Gasteiger partial charge on any atom is 0.191 e. The Morgan fingerprint density at radius 2 is 2.15 bits per heavy atom. The summed E-state index contributed by atoms with van der Waals surface area (Å²) in [4.78, 5) is 12.6. The zero-order chi connectivity index (χ0) is 13.9. The van der Waals surface area contributed by atoms with Gasteiger partial charge in [0.1, 0.15) is 11.7 Å². The largest absolute Gasteiger partial charge is 0.378 e. The molecule has 1 aliphatic carbocycles. The lowest BCUT2D eigenvalue weighted by Gasteiger charge is -2.37. The van der Waals surface area contributed by atoms with Gasteiger partial charge in [-0.25, -0.2) is 0 Å². The third-order valence-electron chi connectivity index (χ3n) is 4.29. The van der Waals surface area contributed by atoms with Crippen LogP contribution in [-0.2, 0) is 19.8 Å². The van der Waals surface area contributed by atoms with Crippen molar-refractivity contribution in [2.45, 2.75) is 18.0 Å². The van der Waals surface area contributed by atoms with E-state index in [1.807, 2.05) is 6.07 Å². The maximum absolute atomic E-state index is 12.6. The topological polar surface area (TPSA) is 65.0 Å². The monoisotopic (exact) mass is 274 g/mol. The first kappa shape index (κ1) is 12.2. The summed E-state index contributed by atoms with van der Waals surface area (Å²) in [6.45, 7) is 0.257. The lowest BCUT2D eigenvalue weighted by molar-refractivity contribution is -0.176. The maximum atomic E-state index is 12.6. The summed E-state index contributed by atoms with van der Waals surface area (Å²) in [7, 11) is 1.52. The van der Waals surface area contributed by atoms with Gasteiger partial charge >= 0.3 is 0 Å². The Morgan fingerprint density at radius 3 is 2.95 bits per heavy atom. The summed E-state index contributed by atoms with van der Waals surface area (Å²) in [5, 5.41) is 11.1. The molecule has 20 heavy (non-hydrogen) atoms. The van der Waals surface area contributed by atoms with Crippen LogP contribution in [0.25, 0.3) is 0 Å². The lowest BCUT2D eigenvalue weighted by atomic mass is 9.73. The molecule has 0 bridgehead atoms. The minimum atomic E-state index is -1.24. The van der Waals surface area contributed by atoms with Crippen molar-refractivity contribution in [3.63, 3.8) is 0 Å². The fourth-order valence-electron chi connectivity index (χ4n) is 3.38. The van der Waals surface area contributed by atoms with Gasteiger partial charge < -0.3 is 19.3 Å². The first-order valence-electron chi connectivity index (χ1n) is 6.53. The molecule has 5 nitrogen and oxygen atoms in total. The van der Waals surface area contributed by atoms with E-state index >= 15 is 0 Å². The second-order valence-electron chi connectivity index (χ2n) is 5.27. The standard InChI is InChI=1S/C15H14O5/c1-18-14-13-11-9(6-19-14)12(16)8-4-2-3-5-10(8)15(11,17)7-20-13/h2-5,13-14,17H,6-7H2,1H3/t13?,14-,15+/m0/s1. The summed E-state index contributed by atoms with van der Waals surface area (Å²) in [5.41, 5.74) is 1.01. The van der Waals surface area contributed by atoms with E-state index in [1.165, 1.54) is 7.11 Å². The van der Waals surface area contributed by atoms with Crippen molar-refractivity contribution < 1.29 is 24.1 Å². The quantitative estimate of drug-likeness (QED) is 0.819. The van der Waals surface area contributed by atoms with Crippen molar-refractivity contribution >= 4 is 5.78 Å². The highest BCUT2D eigenvalue weighted by Gasteiger charge is 2.56. The van der Waals surface area contributed by atoms with Crippen molar-refractivity contribution in [1.29, 1.82) is 0 Å². The van der Waals surface area contributed by atoms with Gasteiger partial charge in [-0.2, -0.15) is 0 Å². The van der Waals surface area contributed by atoms with E-state index in [9.17, 15) is 9.90 Å². The van der Waals surface area contributed by atoms with E-state index in [2.05, 4.69) is 0 Å². The summed E-state index contributed by atoms with van der Waals surface area (Å²) in [5.74, 6) is -0.0923. The Balaban J connectivity index is 1.96. The molecule has 1 aromatic carbocycles. The van der Waals surface area contributed by atoms with E-state index < -0.39 is 18.0 Å². The lowest BCUT2D eigenvalue weighted by Crippen LogP contribution is -2.45. The molecule has 0 radical (unpaired) electrons. The summed E-state index contributed by atoms with van der Waals surface area (Å²) < 4.78 is 16.4. The summed E-state index contributed by atoms with van der Waals surface area (Å²) in [6, 6.07) is 7.12. The van der Waals surface area contributed by atoms with Crippen molar-refractivity contribution in [3.05, 3.63) is 46.5 Å². The molecule has 4 rings (SSSR count). The highest BCUT2D eigenvalue weighted by molar-refractivity contribution is 6.12. The fraction of sp³-hybridized carbons (Fsp3) is 0.400. The Kier molecular flexibility index (Phi) is 2.44. The van der Waals surface area contributed by atoms with Gasteiger partial charge in [0, 0.05) is 29.4 Å². The second kappa shape index (κ2) is 3.99. The first-order chi connectivity index (χ1) is 9.66. The Morgan fingerprint density at radius 1 is 1.35 bits per heavy atom. The molecular weight excluding hydrogens is 260 g/mol. The van der Waals surface area contributed by atoms with Crippen molar-refractivity contribution in [1.82, 2.24) is 0 Å². The predicted octanol–water partition coefficient (Wildman–Crippen LogP) is 0.769. The van der Waals surface area contributed by atoms with Crippen molar-refractivity contribution in [3.8, 4) is 0 Å². The number of carbonyl (C=O) groups excluding carboxylic acids is 1. The second-order valence-corrected chi connectivity index (χ2v) is 5.27. The Labute approximate surface area is 115 Å². The number of aliphatic hydroxyl groups is 1. The molecule has 0 saturated carbocycles. The molecule has 2 aliphatic heterocycles. The number of carbonyl (C=O) groups is 1. The van der Waals surface area contributed by atoms with Crippen LogP contribution in [0.2, 0.25) is 0 Å². The minimum Gasteiger partial charge on any atom is -0.378 e. The highest BCUT2D eigenvalue weighted by Crippen LogP contribution is 2.49. The molecule has 1 unspecified atom stereocenters. The number of rotatable bonds is 1. The predicted molar refractivity (Wildman–Crippen MR) is 68.2 cm³/mol. The average Bonchev–Trinajstić information content (AvgIpc) is 2.85. The Bertz CT molecular complexity index is 635. The van der Waals surface area contributed by atoms with Crippen LogP contribution in [0.15, 0.2) is 35.4 Å². The first-order valence-corrected chi connectivity index (χ1v) is 6.53. The van der Waals surface area contributed by atoms with Crippen LogP contribution in [0.1, 0.15) is 15.9 Å². The number of Topliss-reactive ketones (excluding diaryl/α,β-unsaturated/α-hetero) is 1. The van der Waals surface area contributed by atoms with E-state index in [1.54, 1.807) is 18.2 Å². The molecule has 104 valence electrons. The number of fused-ring (bicyclic) bond motifs is 2. The fourth-order valence-corrected chi connectivity index (χ4v) is 3.38. The molecule has 1 saturated heterocycles. The molecule has 0 amide bonds. The minimum absolute atomic E-state index is 0.0923. The van der Waals surface area contributed by atoms with Crippen molar-refractivity contribution in [2.24, 2.45) is 0 Å². The number of benzene rings is 1. The SMILES string of the molecule is CO[C@H]1OCC2=C3C1OC[C@@]3(O)c1ccccc1C2=O. The molecule has 1 N–H and O–H groups in total. The van der Waals surface area contributed by atoms with Crippen LogP contribution in [0.3, 0.4) is 0 Å². The van der Waals surface area contributed by atoms with Gasteiger partial charge in [-0.3, -0.25) is 4.79 Å².